The molecule has 1 aromatic rings. The van der Waals surface area contributed by atoms with Crippen LogP contribution in [0.4, 0.5) is 0 Å². The van der Waals surface area contributed by atoms with Crippen molar-refractivity contribution < 1.29 is 14.6 Å². The average molecular weight is 267 g/mol. The molecule has 0 aliphatic heterocycles. The zero-order chi connectivity index (χ0) is 13.2. The summed E-state index contributed by atoms with van der Waals surface area (Å²) < 4.78 is 5.10. The Balaban J connectivity index is 2.30. The molecule has 0 aromatic carbocycles. The lowest BCUT2D eigenvalue weighted by Crippen LogP contribution is -2.23. The molecule has 4 nitrogen and oxygen atoms in total. The van der Waals surface area contributed by atoms with Crippen LogP contribution in [-0.2, 0) is 16.1 Å². The lowest BCUT2D eigenvalue weighted by Gasteiger charge is -2.03. The minimum absolute atomic E-state index is 0.0140. The number of carbonyl (C=O) groups is 1. The van der Waals surface area contributed by atoms with Crippen molar-refractivity contribution in [3.8, 4) is 11.8 Å². The van der Waals surface area contributed by atoms with Crippen molar-refractivity contribution >= 4 is 17.2 Å². The van der Waals surface area contributed by atoms with Gasteiger partial charge in [-0.2, -0.15) is 0 Å². The highest BCUT2D eigenvalue weighted by Gasteiger charge is 2.02. The maximum atomic E-state index is 11.4. The van der Waals surface area contributed by atoms with E-state index >= 15 is 0 Å². The SMILES string of the molecule is CCOCCC(=O)NCc1ccc(C#CCO)s1. The van der Waals surface area contributed by atoms with Crippen molar-refractivity contribution in [2.45, 2.75) is 19.9 Å². The molecule has 0 saturated heterocycles. The van der Waals surface area contributed by atoms with E-state index in [0.29, 0.717) is 26.2 Å². The molecule has 0 atom stereocenters. The first-order chi connectivity index (χ1) is 8.76. The quantitative estimate of drug-likeness (QED) is 0.600. The highest BCUT2D eigenvalue weighted by Crippen LogP contribution is 2.14. The maximum absolute atomic E-state index is 11.4. The Bertz CT molecular complexity index is 431. The van der Waals surface area contributed by atoms with Gasteiger partial charge in [0.05, 0.1) is 18.0 Å². The Morgan fingerprint density at radius 2 is 2.39 bits per heavy atom. The second-order valence-corrected chi connectivity index (χ2v) is 4.62. The highest BCUT2D eigenvalue weighted by atomic mass is 32.1. The predicted octanol–water partition coefficient (Wildman–Crippen LogP) is 1.13. The molecule has 0 saturated carbocycles. The molecule has 98 valence electrons. The van der Waals surface area contributed by atoms with Gasteiger partial charge in [0.1, 0.15) is 6.61 Å². The van der Waals surface area contributed by atoms with Crippen molar-refractivity contribution in [2.24, 2.45) is 0 Å². The molecule has 2 N–H and O–H groups in total. The molecular weight excluding hydrogens is 250 g/mol. The van der Waals surface area contributed by atoms with E-state index in [4.69, 9.17) is 9.84 Å². The molecule has 0 aliphatic rings. The number of aliphatic hydroxyl groups excluding tert-OH is 1. The average Bonchev–Trinajstić information content (AvgIpc) is 2.82. The monoisotopic (exact) mass is 267 g/mol. The van der Waals surface area contributed by atoms with E-state index in [9.17, 15) is 4.79 Å². The molecular formula is C13H17NO3S. The Morgan fingerprint density at radius 1 is 1.56 bits per heavy atom. The summed E-state index contributed by atoms with van der Waals surface area (Å²) in [5.41, 5.74) is 0. The van der Waals surface area contributed by atoms with Crippen molar-refractivity contribution in [3.63, 3.8) is 0 Å². The van der Waals surface area contributed by atoms with Gasteiger partial charge in [-0.05, 0) is 19.1 Å². The van der Waals surface area contributed by atoms with Gasteiger partial charge in [0.25, 0.3) is 0 Å². The number of rotatable bonds is 6. The maximum Gasteiger partial charge on any atom is 0.222 e. The third-order valence-corrected chi connectivity index (χ3v) is 3.09. The van der Waals surface area contributed by atoms with E-state index in [1.807, 2.05) is 19.1 Å². The zero-order valence-electron chi connectivity index (χ0n) is 10.4. The third kappa shape index (κ3) is 5.82. The molecule has 0 spiro atoms. The largest absolute Gasteiger partial charge is 0.384 e. The minimum atomic E-state index is -0.138. The first-order valence-electron chi connectivity index (χ1n) is 5.79. The van der Waals surface area contributed by atoms with Crippen molar-refractivity contribution in [2.75, 3.05) is 19.8 Å². The number of aliphatic hydroxyl groups is 1. The Kier molecular flexibility index (Phi) is 7.11. The van der Waals surface area contributed by atoms with E-state index in [0.717, 1.165) is 9.75 Å². The van der Waals surface area contributed by atoms with Gasteiger partial charge in [-0.15, -0.1) is 11.3 Å². The van der Waals surface area contributed by atoms with E-state index in [-0.39, 0.29) is 12.5 Å². The van der Waals surface area contributed by atoms with Crippen LogP contribution in [0.5, 0.6) is 0 Å². The molecule has 18 heavy (non-hydrogen) atoms. The summed E-state index contributed by atoms with van der Waals surface area (Å²) >= 11 is 1.51. The zero-order valence-corrected chi connectivity index (χ0v) is 11.2. The van der Waals surface area contributed by atoms with Crippen LogP contribution in [0, 0.1) is 11.8 Å². The highest BCUT2D eigenvalue weighted by molar-refractivity contribution is 7.12. The number of hydrogen-bond acceptors (Lipinski definition) is 4. The fraction of sp³-hybridized carbons (Fsp3) is 0.462. The van der Waals surface area contributed by atoms with Crippen LogP contribution in [0.25, 0.3) is 0 Å². The Hall–Kier alpha value is -1.35. The topological polar surface area (TPSA) is 58.6 Å². The van der Waals surface area contributed by atoms with E-state index < -0.39 is 0 Å². The molecule has 0 unspecified atom stereocenters. The summed E-state index contributed by atoms with van der Waals surface area (Å²) in [5.74, 6) is 5.41. The third-order valence-electron chi connectivity index (χ3n) is 2.09. The Labute approximate surface area is 111 Å². The number of amides is 1. The van der Waals surface area contributed by atoms with Crippen LogP contribution >= 0.6 is 11.3 Å². The predicted molar refractivity (Wildman–Crippen MR) is 71.2 cm³/mol. The summed E-state index contributed by atoms with van der Waals surface area (Å²) in [7, 11) is 0. The van der Waals surface area contributed by atoms with Gasteiger partial charge in [0, 0.05) is 17.9 Å². The van der Waals surface area contributed by atoms with Crippen LogP contribution in [0.2, 0.25) is 0 Å². The molecule has 1 rings (SSSR count). The smallest absolute Gasteiger partial charge is 0.222 e. The summed E-state index contributed by atoms with van der Waals surface area (Å²) in [6.45, 7) is 3.36. The lowest BCUT2D eigenvalue weighted by atomic mass is 10.4. The molecule has 1 aromatic heterocycles. The molecule has 0 fully saturated rings. The first kappa shape index (κ1) is 14.7. The van der Waals surface area contributed by atoms with Crippen molar-refractivity contribution in [1.29, 1.82) is 0 Å². The Morgan fingerprint density at radius 3 is 3.11 bits per heavy atom. The lowest BCUT2D eigenvalue weighted by molar-refractivity contribution is -0.122. The van der Waals surface area contributed by atoms with Crippen LogP contribution in [0.3, 0.4) is 0 Å². The van der Waals surface area contributed by atoms with Crippen LogP contribution in [0.15, 0.2) is 12.1 Å². The van der Waals surface area contributed by atoms with E-state index in [1.54, 1.807) is 0 Å². The number of thiophene rings is 1. The van der Waals surface area contributed by atoms with Crippen LogP contribution in [0.1, 0.15) is 23.1 Å². The molecule has 0 aliphatic carbocycles. The van der Waals surface area contributed by atoms with Crippen LogP contribution in [-0.4, -0.2) is 30.8 Å². The fourth-order valence-electron chi connectivity index (χ4n) is 1.25. The molecule has 0 bridgehead atoms. The summed E-state index contributed by atoms with van der Waals surface area (Å²) in [4.78, 5) is 13.4. The van der Waals surface area contributed by atoms with Gasteiger partial charge < -0.3 is 15.2 Å². The summed E-state index contributed by atoms with van der Waals surface area (Å²) in [6.07, 6.45) is 0.385. The molecule has 5 heteroatoms. The summed E-state index contributed by atoms with van der Waals surface area (Å²) in [6, 6.07) is 3.81. The number of hydrogen-bond donors (Lipinski definition) is 2. The van der Waals surface area contributed by atoms with Gasteiger partial charge in [-0.1, -0.05) is 11.8 Å². The van der Waals surface area contributed by atoms with Crippen molar-refractivity contribution in [3.05, 3.63) is 21.9 Å². The second-order valence-electron chi connectivity index (χ2n) is 3.45. The summed E-state index contributed by atoms with van der Waals surface area (Å²) in [5, 5.41) is 11.4. The molecule has 0 radical (unpaired) electrons. The fourth-order valence-corrected chi connectivity index (χ4v) is 2.07. The normalized spacial score (nSPS) is 9.67. The molecule has 1 heterocycles. The van der Waals surface area contributed by atoms with E-state index in [2.05, 4.69) is 17.2 Å². The van der Waals surface area contributed by atoms with Crippen LogP contribution < -0.4 is 5.32 Å². The number of nitrogens with one attached hydrogen (secondary N) is 1. The minimum Gasteiger partial charge on any atom is -0.384 e. The van der Waals surface area contributed by atoms with Crippen molar-refractivity contribution in [1.82, 2.24) is 5.32 Å². The van der Waals surface area contributed by atoms with Gasteiger partial charge in [-0.3, -0.25) is 4.79 Å². The van der Waals surface area contributed by atoms with E-state index in [1.165, 1.54) is 11.3 Å². The first-order valence-corrected chi connectivity index (χ1v) is 6.60. The number of carbonyl (C=O) groups excluding carboxylic acids is 1. The van der Waals surface area contributed by atoms with Gasteiger partial charge in [-0.25, -0.2) is 0 Å². The number of ether oxygens (including phenoxy) is 1. The van der Waals surface area contributed by atoms with Gasteiger partial charge in [0.15, 0.2) is 0 Å². The molecule has 1 amide bonds. The standard InChI is InChI=1S/C13H17NO3S/c1-2-17-9-7-13(16)14-10-12-6-5-11(18-12)4-3-8-15/h5-6,15H,2,7-10H2,1H3,(H,14,16). The van der Waals surface area contributed by atoms with Gasteiger partial charge in [0.2, 0.25) is 5.91 Å². The van der Waals surface area contributed by atoms with Gasteiger partial charge >= 0.3 is 0 Å². The second kappa shape index (κ2) is 8.70.